The van der Waals surface area contributed by atoms with Crippen LogP contribution in [0.4, 0.5) is 0 Å². The van der Waals surface area contributed by atoms with Gasteiger partial charge in [0, 0.05) is 19.2 Å². The molecule has 0 unspecified atom stereocenters. The number of hydrogen-bond acceptors (Lipinski definition) is 6. The Kier molecular flexibility index (Phi) is 7.77. The molecule has 180 valence electrons. The summed E-state index contributed by atoms with van der Waals surface area (Å²) in [5.74, 6) is -0.995. The van der Waals surface area contributed by atoms with Crippen molar-refractivity contribution in [2.45, 2.75) is 30.2 Å². The summed E-state index contributed by atoms with van der Waals surface area (Å²) in [7, 11) is -3.57. The number of hydrogen-bond donors (Lipinski definition) is 1. The zero-order chi connectivity index (χ0) is 24.0. The summed E-state index contributed by atoms with van der Waals surface area (Å²) < 4.78 is 37.0. The van der Waals surface area contributed by atoms with E-state index < -0.39 is 16.0 Å². The fourth-order valence-corrected chi connectivity index (χ4v) is 5.58. The first-order valence-electron chi connectivity index (χ1n) is 11.3. The first-order chi connectivity index (χ1) is 16.4. The van der Waals surface area contributed by atoms with Crippen molar-refractivity contribution < 1.29 is 27.5 Å². The molecule has 1 aliphatic carbocycles. The second kappa shape index (κ2) is 10.9. The SMILES string of the molecule is O=C(COC(=O)/C=C/c1ccc(S(=O)(=O)N2CCOCC2)cc1)N[C@@H]1CCCc2ccccc21. The van der Waals surface area contributed by atoms with E-state index in [1.54, 1.807) is 12.1 Å². The van der Waals surface area contributed by atoms with E-state index in [2.05, 4.69) is 11.4 Å². The summed E-state index contributed by atoms with van der Waals surface area (Å²) >= 11 is 0. The molecule has 1 N–H and O–H groups in total. The maximum atomic E-state index is 12.7. The largest absolute Gasteiger partial charge is 0.452 e. The third-order valence-corrected chi connectivity index (χ3v) is 7.86. The van der Waals surface area contributed by atoms with Gasteiger partial charge in [-0.3, -0.25) is 4.79 Å². The van der Waals surface area contributed by atoms with Crippen LogP contribution in [0, 0.1) is 0 Å². The molecule has 1 amide bonds. The van der Waals surface area contributed by atoms with E-state index in [1.807, 2.05) is 18.2 Å². The minimum absolute atomic E-state index is 0.0704. The second-order valence-corrected chi connectivity index (χ2v) is 10.2. The summed E-state index contributed by atoms with van der Waals surface area (Å²) in [4.78, 5) is 24.5. The van der Waals surface area contributed by atoms with Crippen molar-refractivity contribution in [1.82, 2.24) is 9.62 Å². The molecule has 2 aliphatic rings. The number of sulfonamides is 1. The van der Waals surface area contributed by atoms with E-state index in [0.29, 0.717) is 31.9 Å². The molecular formula is C25H28N2O6S. The van der Waals surface area contributed by atoms with Gasteiger partial charge in [-0.05, 0) is 54.2 Å². The first kappa shape index (κ1) is 24.1. The first-order valence-corrected chi connectivity index (χ1v) is 12.8. The monoisotopic (exact) mass is 484 g/mol. The summed E-state index contributed by atoms with van der Waals surface area (Å²) in [6, 6.07) is 14.2. The van der Waals surface area contributed by atoms with Gasteiger partial charge in [0.25, 0.3) is 5.91 Å². The molecular weight excluding hydrogens is 456 g/mol. The zero-order valence-corrected chi connectivity index (χ0v) is 19.6. The van der Waals surface area contributed by atoms with Gasteiger partial charge >= 0.3 is 5.97 Å². The molecule has 2 aromatic carbocycles. The van der Waals surface area contributed by atoms with E-state index in [4.69, 9.17) is 9.47 Å². The average Bonchev–Trinajstić information content (AvgIpc) is 2.87. The normalized spacial score (nSPS) is 18.9. The topological polar surface area (TPSA) is 102 Å². The molecule has 0 aromatic heterocycles. The Morgan fingerprint density at radius 2 is 1.82 bits per heavy atom. The number of esters is 1. The zero-order valence-electron chi connectivity index (χ0n) is 18.8. The summed E-state index contributed by atoms with van der Waals surface area (Å²) in [6.45, 7) is 1.06. The number of carbonyl (C=O) groups excluding carboxylic acids is 2. The van der Waals surface area contributed by atoms with Crippen molar-refractivity contribution in [3.63, 3.8) is 0 Å². The lowest BCUT2D eigenvalue weighted by Crippen LogP contribution is -2.40. The minimum Gasteiger partial charge on any atom is -0.452 e. The van der Waals surface area contributed by atoms with Gasteiger partial charge in [0.15, 0.2) is 6.61 Å². The molecule has 34 heavy (non-hydrogen) atoms. The highest BCUT2D eigenvalue weighted by Gasteiger charge is 2.26. The van der Waals surface area contributed by atoms with Crippen molar-refractivity contribution in [3.05, 3.63) is 71.3 Å². The molecule has 0 spiro atoms. The molecule has 1 saturated heterocycles. The van der Waals surface area contributed by atoms with Gasteiger partial charge in [-0.1, -0.05) is 36.4 Å². The maximum absolute atomic E-state index is 12.7. The lowest BCUT2D eigenvalue weighted by molar-refractivity contribution is -0.144. The Balaban J connectivity index is 1.27. The Morgan fingerprint density at radius 1 is 1.09 bits per heavy atom. The Hall–Kier alpha value is -3.01. The smallest absolute Gasteiger partial charge is 0.331 e. The molecule has 1 fully saturated rings. The molecule has 0 bridgehead atoms. The minimum atomic E-state index is -3.57. The molecule has 1 aliphatic heterocycles. The molecule has 4 rings (SSSR count). The van der Waals surface area contributed by atoms with Crippen LogP contribution in [0.3, 0.4) is 0 Å². The van der Waals surface area contributed by atoms with Crippen LogP contribution in [0.25, 0.3) is 6.08 Å². The molecule has 2 aromatic rings. The number of amides is 1. The molecule has 9 heteroatoms. The standard InChI is InChI=1S/C25H28N2O6S/c28-24(26-23-7-3-5-20-4-1-2-6-22(20)23)18-33-25(29)13-10-19-8-11-21(12-9-19)34(30,31)27-14-16-32-17-15-27/h1-2,4,6,8-13,23H,3,5,7,14-18H2,(H,26,28)/b13-10+/t23-/m1/s1. The van der Waals surface area contributed by atoms with E-state index in [9.17, 15) is 18.0 Å². The Morgan fingerprint density at radius 3 is 2.59 bits per heavy atom. The lowest BCUT2D eigenvalue weighted by atomic mass is 9.88. The van der Waals surface area contributed by atoms with Crippen LogP contribution in [-0.2, 0) is 35.5 Å². The maximum Gasteiger partial charge on any atom is 0.331 e. The fraction of sp³-hybridized carbons (Fsp3) is 0.360. The second-order valence-electron chi connectivity index (χ2n) is 8.24. The Labute approximate surface area is 199 Å². The van der Waals surface area contributed by atoms with Gasteiger partial charge in [-0.15, -0.1) is 0 Å². The molecule has 8 nitrogen and oxygen atoms in total. The van der Waals surface area contributed by atoms with Crippen molar-refractivity contribution in [2.75, 3.05) is 32.9 Å². The van der Waals surface area contributed by atoms with Crippen molar-refractivity contribution >= 4 is 28.0 Å². The van der Waals surface area contributed by atoms with Gasteiger partial charge < -0.3 is 14.8 Å². The predicted octanol–water partition coefficient (Wildman–Crippen LogP) is 2.46. The van der Waals surface area contributed by atoms with Crippen LogP contribution in [0.1, 0.15) is 35.6 Å². The summed E-state index contributed by atoms with van der Waals surface area (Å²) in [5, 5.41) is 2.94. The van der Waals surface area contributed by atoms with Crippen molar-refractivity contribution in [3.8, 4) is 0 Å². The number of morpholine rings is 1. The van der Waals surface area contributed by atoms with Crippen LogP contribution >= 0.6 is 0 Å². The quantitative estimate of drug-likeness (QED) is 0.479. The summed E-state index contributed by atoms with van der Waals surface area (Å²) in [6.07, 6.45) is 5.59. The van der Waals surface area contributed by atoms with Gasteiger partial charge in [-0.25, -0.2) is 13.2 Å². The molecule has 1 heterocycles. The number of nitrogens with one attached hydrogen (secondary N) is 1. The number of carbonyl (C=O) groups is 2. The number of fused-ring (bicyclic) bond motifs is 1. The highest BCUT2D eigenvalue weighted by atomic mass is 32.2. The van der Waals surface area contributed by atoms with Crippen LogP contribution < -0.4 is 5.32 Å². The molecule has 0 radical (unpaired) electrons. The van der Waals surface area contributed by atoms with Crippen molar-refractivity contribution in [1.29, 1.82) is 0 Å². The van der Waals surface area contributed by atoms with Crippen LogP contribution in [-0.4, -0.2) is 57.5 Å². The lowest BCUT2D eigenvalue weighted by Gasteiger charge is -2.26. The molecule has 1 atom stereocenters. The Bertz CT molecular complexity index is 1150. The van der Waals surface area contributed by atoms with Crippen LogP contribution in [0.15, 0.2) is 59.5 Å². The van der Waals surface area contributed by atoms with Gasteiger partial charge in [0.05, 0.1) is 24.2 Å². The van der Waals surface area contributed by atoms with Gasteiger partial charge in [0.1, 0.15) is 0 Å². The predicted molar refractivity (Wildman–Crippen MR) is 126 cm³/mol. The number of ether oxygens (including phenoxy) is 2. The average molecular weight is 485 g/mol. The summed E-state index contributed by atoms with van der Waals surface area (Å²) in [5.41, 5.74) is 3.00. The van der Waals surface area contributed by atoms with E-state index >= 15 is 0 Å². The highest BCUT2D eigenvalue weighted by Crippen LogP contribution is 2.29. The van der Waals surface area contributed by atoms with Gasteiger partial charge in [0.2, 0.25) is 10.0 Å². The number of nitrogens with zero attached hydrogens (tertiary/aromatic N) is 1. The number of rotatable bonds is 7. The number of benzene rings is 2. The van der Waals surface area contributed by atoms with Crippen molar-refractivity contribution in [2.24, 2.45) is 0 Å². The van der Waals surface area contributed by atoms with Crippen LogP contribution in [0.2, 0.25) is 0 Å². The third kappa shape index (κ3) is 5.91. The van der Waals surface area contributed by atoms with Crippen LogP contribution in [0.5, 0.6) is 0 Å². The number of aryl methyl sites for hydroxylation is 1. The van der Waals surface area contributed by atoms with Gasteiger partial charge in [-0.2, -0.15) is 4.31 Å². The fourth-order valence-electron chi connectivity index (χ4n) is 4.18. The third-order valence-electron chi connectivity index (χ3n) is 5.95. The van der Waals surface area contributed by atoms with E-state index in [1.165, 1.54) is 34.2 Å². The molecule has 0 saturated carbocycles. The van der Waals surface area contributed by atoms with E-state index in [0.717, 1.165) is 24.8 Å². The highest BCUT2D eigenvalue weighted by molar-refractivity contribution is 7.89. The van der Waals surface area contributed by atoms with E-state index in [-0.39, 0.29) is 23.5 Å².